The number of pyridine rings is 1. The number of thiophene rings is 1. The van der Waals surface area contributed by atoms with E-state index >= 15 is 0 Å². The molecule has 3 rings (SSSR count). The van der Waals surface area contributed by atoms with Crippen LogP contribution in [0.4, 0.5) is 0 Å². The summed E-state index contributed by atoms with van der Waals surface area (Å²) in [5.74, 6) is 0.858. The molecule has 0 atom stereocenters. The van der Waals surface area contributed by atoms with Gasteiger partial charge in [-0.25, -0.2) is 0 Å². The molecule has 0 unspecified atom stereocenters. The summed E-state index contributed by atoms with van der Waals surface area (Å²) in [7, 11) is 0. The van der Waals surface area contributed by atoms with Crippen molar-refractivity contribution in [3.8, 4) is 21.9 Å². The van der Waals surface area contributed by atoms with Crippen LogP contribution in [0.25, 0.3) is 21.9 Å². The second kappa shape index (κ2) is 3.94. The lowest BCUT2D eigenvalue weighted by Gasteiger charge is -2.03. The van der Waals surface area contributed by atoms with Crippen LogP contribution in [0.3, 0.4) is 0 Å². The Bertz CT molecular complexity index is 517. The molecule has 0 amide bonds. The van der Waals surface area contributed by atoms with Gasteiger partial charge in [0.05, 0.1) is 16.8 Å². The zero-order chi connectivity index (χ0) is 10.8. The second-order valence-corrected chi connectivity index (χ2v) is 4.30. The van der Waals surface area contributed by atoms with Gasteiger partial charge in [-0.15, -0.1) is 11.3 Å². The lowest BCUT2D eigenvalue weighted by Crippen LogP contribution is -1.84. The van der Waals surface area contributed by atoms with Crippen LogP contribution in [0.1, 0.15) is 0 Å². The fraction of sp³-hybridized carbons (Fsp3) is 0. The fourth-order valence-corrected chi connectivity index (χ4v) is 2.38. The Morgan fingerprint density at radius 2 is 2.06 bits per heavy atom. The Morgan fingerprint density at radius 1 is 1.06 bits per heavy atom. The summed E-state index contributed by atoms with van der Waals surface area (Å²) in [5, 5.41) is 2.05. The number of furan rings is 1. The molecule has 0 N–H and O–H groups in total. The van der Waals surface area contributed by atoms with Gasteiger partial charge in [0.25, 0.3) is 0 Å². The molecule has 16 heavy (non-hydrogen) atoms. The van der Waals surface area contributed by atoms with Crippen molar-refractivity contribution in [2.45, 2.75) is 0 Å². The van der Waals surface area contributed by atoms with Crippen molar-refractivity contribution in [1.29, 1.82) is 0 Å². The Balaban J connectivity index is 2.19. The molecule has 0 aliphatic rings. The van der Waals surface area contributed by atoms with E-state index in [0.717, 1.165) is 21.9 Å². The summed E-state index contributed by atoms with van der Waals surface area (Å²) < 4.78 is 5.42. The quantitative estimate of drug-likeness (QED) is 0.659. The van der Waals surface area contributed by atoms with Gasteiger partial charge in [0.1, 0.15) is 5.76 Å². The monoisotopic (exact) mass is 227 g/mol. The normalized spacial score (nSPS) is 10.5. The zero-order valence-electron chi connectivity index (χ0n) is 8.46. The molecule has 2 nitrogen and oxygen atoms in total. The number of hydrogen-bond donors (Lipinski definition) is 0. The summed E-state index contributed by atoms with van der Waals surface area (Å²) in [4.78, 5) is 5.59. The van der Waals surface area contributed by atoms with Crippen molar-refractivity contribution in [1.82, 2.24) is 4.98 Å². The minimum atomic E-state index is 0.858. The first-order chi connectivity index (χ1) is 7.95. The van der Waals surface area contributed by atoms with Crippen molar-refractivity contribution < 1.29 is 4.42 Å². The first-order valence-electron chi connectivity index (χ1n) is 4.98. The molecule has 0 aliphatic heterocycles. The highest BCUT2D eigenvalue weighted by atomic mass is 32.1. The van der Waals surface area contributed by atoms with Gasteiger partial charge >= 0.3 is 0 Å². The van der Waals surface area contributed by atoms with E-state index in [-0.39, 0.29) is 0 Å². The highest BCUT2D eigenvalue weighted by Gasteiger charge is 2.10. The minimum absolute atomic E-state index is 0.858. The van der Waals surface area contributed by atoms with Crippen LogP contribution in [0.5, 0.6) is 0 Å². The molecule has 3 aromatic heterocycles. The van der Waals surface area contributed by atoms with E-state index in [1.54, 1.807) is 17.6 Å². The number of nitrogens with zero attached hydrogens (tertiary/aromatic N) is 1. The third kappa shape index (κ3) is 1.55. The van der Waals surface area contributed by atoms with E-state index in [0.29, 0.717) is 0 Å². The summed E-state index contributed by atoms with van der Waals surface area (Å²) in [5.41, 5.74) is 2.02. The average molecular weight is 227 g/mol. The van der Waals surface area contributed by atoms with Gasteiger partial charge in [-0.05, 0) is 35.7 Å². The standard InChI is InChI=1S/C13H9NOS/c1-4-10(11-5-2-8-15-11)13(14-7-1)12-6-3-9-16-12/h1-9H. The predicted molar refractivity (Wildman–Crippen MR) is 65.3 cm³/mol. The summed E-state index contributed by atoms with van der Waals surface area (Å²) in [6.07, 6.45) is 3.49. The summed E-state index contributed by atoms with van der Waals surface area (Å²) in [6, 6.07) is 11.9. The average Bonchev–Trinajstić information content (AvgIpc) is 3.03. The first-order valence-corrected chi connectivity index (χ1v) is 5.86. The van der Waals surface area contributed by atoms with Gasteiger partial charge < -0.3 is 4.42 Å². The van der Waals surface area contributed by atoms with Gasteiger partial charge in [0.2, 0.25) is 0 Å². The molecule has 0 saturated heterocycles. The Morgan fingerprint density at radius 3 is 2.81 bits per heavy atom. The van der Waals surface area contributed by atoms with E-state index in [1.165, 1.54) is 0 Å². The van der Waals surface area contributed by atoms with Crippen LogP contribution in [-0.2, 0) is 0 Å². The van der Waals surface area contributed by atoms with Gasteiger partial charge in [0, 0.05) is 11.8 Å². The Labute approximate surface area is 97.2 Å². The van der Waals surface area contributed by atoms with Crippen LogP contribution in [0.15, 0.2) is 58.7 Å². The minimum Gasteiger partial charge on any atom is -0.464 e. The number of hydrogen-bond acceptors (Lipinski definition) is 3. The third-order valence-electron chi connectivity index (χ3n) is 2.35. The maximum Gasteiger partial charge on any atom is 0.136 e. The lowest BCUT2D eigenvalue weighted by molar-refractivity contribution is 0.582. The molecule has 3 aromatic rings. The predicted octanol–water partition coefficient (Wildman–Crippen LogP) is 4.07. The molecule has 0 radical (unpaired) electrons. The number of aromatic nitrogens is 1. The summed E-state index contributed by atoms with van der Waals surface area (Å²) in [6.45, 7) is 0. The van der Waals surface area contributed by atoms with E-state index < -0.39 is 0 Å². The highest BCUT2D eigenvalue weighted by Crippen LogP contribution is 2.32. The van der Waals surface area contributed by atoms with Crippen molar-refractivity contribution >= 4 is 11.3 Å². The molecule has 0 bridgehead atoms. The van der Waals surface area contributed by atoms with Crippen molar-refractivity contribution in [3.63, 3.8) is 0 Å². The molecule has 0 aromatic carbocycles. The van der Waals surface area contributed by atoms with Crippen LogP contribution < -0.4 is 0 Å². The molecule has 3 heteroatoms. The maximum absolute atomic E-state index is 5.42. The van der Waals surface area contributed by atoms with Crippen LogP contribution in [0, 0.1) is 0 Å². The molecule has 0 fully saturated rings. The Hall–Kier alpha value is -1.87. The molecule has 0 spiro atoms. The lowest BCUT2D eigenvalue weighted by atomic mass is 10.1. The molecule has 78 valence electrons. The van der Waals surface area contributed by atoms with E-state index in [9.17, 15) is 0 Å². The van der Waals surface area contributed by atoms with Gasteiger partial charge in [-0.3, -0.25) is 4.98 Å². The van der Waals surface area contributed by atoms with Gasteiger partial charge in [0.15, 0.2) is 0 Å². The summed E-state index contributed by atoms with van der Waals surface area (Å²) >= 11 is 1.68. The van der Waals surface area contributed by atoms with E-state index in [1.807, 2.05) is 36.5 Å². The van der Waals surface area contributed by atoms with E-state index in [4.69, 9.17) is 4.42 Å². The van der Waals surface area contributed by atoms with Crippen molar-refractivity contribution in [2.24, 2.45) is 0 Å². The number of rotatable bonds is 2. The van der Waals surface area contributed by atoms with Gasteiger partial charge in [-0.1, -0.05) is 6.07 Å². The first kappa shape index (κ1) is 9.36. The second-order valence-electron chi connectivity index (χ2n) is 3.35. The van der Waals surface area contributed by atoms with Crippen LogP contribution >= 0.6 is 11.3 Å². The smallest absolute Gasteiger partial charge is 0.136 e. The third-order valence-corrected chi connectivity index (χ3v) is 3.23. The van der Waals surface area contributed by atoms with Crippen LogP contribution in [-0.4, -0.2) is 4.98 Å². The van der Waals surface area contributed by atoms with Gasteiger partial charge in [-0.2, -0.15) is 0 Å². The van der Waals surface area contributed by atoms with Crippen LogP contribution in [0.2, 0.25) is 0 Å². The molecule has 0 aliphatic carbocycles. The zero-order valence-corrected chi connectivity index (χ0v) is 9.28. The largest absolute Gasteiger partial charge is 0.464 e. The Kier molecular flexibility index (Phi) is 2.31. The fourth-order valence-electron chi connectivity index (χ4n) is 1.65. The van der Waals surface area contributed by atoms with E-state index in [2.05, 4.69) is 16.4 Å². The topological polar surface area (TPSA) is 26.0 Å². The SMILES string of the molecule is c1coc(-c2cccnc2-c2cccs2)c1. The van der Waals surface area contributed by atoms with Crippen molar-refractivity contribution in [3.05, 3.63) is 54.2 Å². The molecule has 0 saturated carbocycles. The molecular weight excluding hydrogens is 218 g/mol. The van der Waals surface area contributed by atoms with Crippen molar-refractivity contribution in [2.75, 3.05) is 0 Å². The highest BCUT2D eigenvalue weighted by molar-refractivity contribution is 7.13. The molecular formula is C13H9NOS. The molecule has 3 heterocycles. The maximum atomic E-state index is 5.42.